The van der Waals surface area contributed by atoms with Crippen molar-refractivity contribution in [2.24, 2.45) is 7.05 Å². The van der Waals surface area contributed by atoms with Crippen molar-refractivity contribution in [3.05, 3.63) is 69.5 Å². The van der Waals surface area contributed by atoms with Crippen molar-refractivity contribution >= 4 is 5.91 Å². The maximum absolute atomic E-state index is 12.3. The molecular weight excluding hydrogens is 342 g/mol. The molecule has 0 fully saturated rings. The van der Waals surface area contributed by atoms with Crippen molar-refractivity contribution in [2.45, 2.75) is 26.7 Å². The number of H-pyrrole nitrogens is 1. The Hall–Kier alpha value is -3.22. The van der Waals surface area contributed by atoms with Gasteiger partial charge in [0.2, 0.25) is 0 Å². The Morgan fingerprint density at radius 3 is 2.56 bits per heavy atom. The molecule has 1 aromatic carbocycles. The van der Waals surface area contributed by atoms with Crippen LogP contribution in [0.2, 0.25) is 0 Å². The molecule has 0 saturated carbocycles. The van der Waals surface area contributed by atoms with E-state index in [1.807, 2.05) is 18.2 Å². The Balaban J connectivity index is 1.63. The van der Waals surface area contributed by atoms with E-state index in [2.05, 4.69) is 35.4 Å². The quantitative estimate of drug-likeness (QED) is 0.699. The molecule has 0 unspecified atom stereocenters. The summed E-state index contributed by atoms with van der Waals surface area (Å²) in [5.41, 5.74) is 4.48. The van der Waals surface area contributed by atoms with Gasteiger partial charge in [-0.1, -0.05) is 25.1 Å². The summed E-state index contributed by atoms with van der Waals surface area (Å²) in [4.78, 5) is 28.3. The molecule has 27 heavy (non-hydrogen) atoms. The van der Waals surface area contributed by atoms with Crippen LogP contribution in [0.15, 0.2) is 41.2 Å². The Morgan fingerprint density at radius 1 is 1.19 bits per heavy atom. The van der Waals surface area contributed by atoms with Crippen molar-refractivity contribution in [1.29, 1.82) is 0 Å². The molecule has 7 nitrogen and oxygen atoms in total. The average Bonchev–Trinajstić information content (AvgIpc) is 3.00. The Kier molecular flexibility index (Phi) is 5.49. The van der Waals surface area contributed by atoms with Gasteiger partial charge in [0.25, 0.3) is 5.91 Å². The molecular formula is C20H23N5O2. The van der Waals surface area contributed by atoms with Crippen molar-refractivity contribution in [3.8, 4) is 11.3 Å². The number of aromatic amines is 1. The van der Waals surface area contributed by atoms with Gasteiger partial charge in [-0.15, -0.1) is 0 Å². The van der Waals surface area contributed by atoms with Crippen LogP contribution in [0, 0.1) is 6.92 Å². The number of carbonyl (C=O) groups excluding carboxylic acids is 1. The lowest BCUT2D eigenvalue weighted by Gasteiger charge is -2.08. The summed E-state index contributed by atoms with van der Waals surface area (Å²) in [5.74, 6) is 0.445. The smallest absolute Gasteiger partial charge is 0.343 e. The number of benzene rings is 1. The van der Waals surface area contributed by atoms with E-state index in [9.17, 15) is 9.59 Å². The molecule has 0 saturated heterocycles. The Bertz CT molecular complexity index is 1000. The molecule has 2 aromatic heterocycles. The molecule has 0 radical (unpaired) electrons. The van der Waals surface area contributed by atoms with E-state index in [4.69, 9.17) is 4.98 Å². The summed E-state index contributed by atoms with van der Waals surface area (Å²) in [5, 5.41) is 9.14. The third-order valence-corrected chi connectivity index (χ3v) is 4.59. The van der Waals surface area contributed by atoms with Gasteiger partial charge in [0.1, 0.15) is 5.82 Å². The topological polar surface area (TPSA) is 92.7 Å². The zero-order valence-electron chi connectivity index (χ0n) is 15.7. The molecule has 0 aliphatic carbocycles. The van der Waals surface area contributed by atoms with Gasteiger partial charge in [0.05, 0.1) is 5.69 Å². The number of nitrogens with zero attached hydrogens (tertiary/aromatic N) is 3. The molecule has 0 spiro atoms. The highest BCUT2D eigenvalue weighted by atomic mass is 16.2. The third kappa shape index (κ3) is 4.13. The first-order valence-corrected chi connectivity index (χ1v) is 8.95. The highest BCUT2D eigenvalue weighted by Gasteiger charge is 2.09. The van der Waals surface area contributed by atoms with Crippen molar-refractivity contribution < 1.29 is 4.79 Å². The predicted molar refractivity (Wildman–Crippen MR) is 104 cm³/mol. The molecule has 7 heteroatoms. The maximum atomic E-state index is 12.3. The molecule has 3 rings (SSSR count). The van der Waals surface area contributed by atoms with Crippen molar-refractivity contribution in [3.63, 3.8) is 0 Å². The zero-order chi connectivity index (χ0) is 19.4. The van der Waals surface area contributed by atoms with Crippen LogP contribution in [-0.4, -0.2) is 32.2 Å². The second kappa shape index (κ2) is 7.99. The van der Waals surface area contributed by atoms with E-state index in [-0.39, 0.29) is 11.6 Å². The van der Waals surface area contributed by atoms with Crippen LogP contribution in [0.5, 0.6) is 0 Å². The number of carbonyl (C=O) groups is 1. The predicted octanol–water partition coefficient (Wildman–Crippen LogP) is 2.01. The average molecular weight is 365 g/mol. The largest absolute Gasteiger partial charge is 0.352 e. The van der Waals surface area contributed by atoms with E-state index in [1.54, 1.807) is 19.2 Å². The van der Waals surface area contributed by atoms with Crippen LogP contribution in [0.3, 0.4) is 0 Å². The molecule has 0 aliphatic heterocycles. The second-order valence-corrected chi connectivity index (χ2v) is 6.40. The fourth-order valence-electron chi connectivity index (χ4n) is 2.88. The standard InChI is InChI=1S/C20H23N5O2/c1-4-16-13(2)5-10-17(22-16)14-6-8-15(9-7-14)19(26)21-12-11-18-23-24-20(27)25(18)3/h5-10H,4,11-12H2,1-3H3,(H,21,26)(H,24,27). The van der Waals surface area contributed by atoms with Crippen LogP contribution in [-0.2, 0) is 19.9 Å². The van der Waals surface area contributed by atoms with Crippen LogP contribution >= 0.6 is 0 Å². The first kappa shape index (κ1) is 18.6. The van der Waals surface area contributed by atoms with Gasteiger partial charge in [-0.05, 0) is 37.1 Å². The summed E-state index contributed by atoms with van der Waals surface area (Å²) >= 11 is 0. The van der Waals surface area contributed by atoms with Gasteiger partial charge in [-0.3, -0.25) is 14.3 Å². The lowest BCUT2D eigenvalue weighted by molar-refractivity contribution is 0.0954. The van der Waals surface area contributed by atoms with Gasteiger partial charge in [-0.2, -0.15) is 5.10 Å². The van der Waals surface area contributed by atoms with Gasteiger partial charge >= 0.3 is 5.69 Å². The molecule has 1 amide bonds. The Morgan fingerprint density at radius 2 is 1.93 bits per heavy atom. The maximum Gasteiger partial charge on any atom is 0.343 e. The normalized spacial score (nSPS) is 10.8. The minimum absolute atomic E-state index is 0.159. The van der Waals surface area contributed by atoms with Crippen LogP contribution in [0.25, 0.3) is 11.3 Å². The highest BCUT2D eigenvalue weighted by Crippen LogP contribution is 2.20. The highest BCUT2D eigenvalue weighted by molar-refractivity contribution is 5.94. The van der Waals surface area contributed by atoms with Crippen LogP contribution < -0.4 is 11.0 Å². The summed E-state index contributed by atoms with van der Waals surface area (Å²) in [6, 6.07) is 11.5. The molecule has 0 bridgehead atoms. The molecule has 2 heterocycles. The SMILES string of the molecule is CCc1nc(-c2ccc(C(=O)NCCc3n[nH]c(=O)n3C)cc2)ccc1C. The molecule has 0 atom stereocenters. The Labute approximate surface area is 157 Å². The summed E-state index contributed by atoms with van der Waals surface area (Å²) in [6.07, 6.45) is 1.37. The molecule has 0 aliphatic rings. The van der Waals surface area contributed by atoms with Gasteiger partial charge in [0.15, 0.2) is 0 Å². The molecule has 2 N–H and O–H groups in total. The zero-order valence-corrected chi connectivity index (χ0v) is 15.7. The number of nitrogens with one attached hydrogen (secondary N) is 2. The number of rotatable bonds is 6. The monoisotopic (exact) mass is 365 g/mol. The summed E-state index contributed by atoms with van der Waals surface area (Å²) < 4.78 is 1.43. The van der Waals surface area contributed by atoms with Gasteiger partial charge in [0, 0.05) is 36.8 Å². The first-order chi connectivity index (χ1) is 13.0. The molecule has 140 valence electrons. The number of aromatic nitrogens is 4. The van der Waals surface area contributed by atoms with E-state index in [0.717, 1.165) is 23.4 Å². The van der Waals surface area contributed by atoms with Crippen LogP contribution in [0.4, 0.5) is 0 Å². The number of hydrogen-bond acceptors (Lipinski definition) is 4. The van der Waals surface area contributed by atoms with Crippen LogP contribution in [0.1, 0.15) is 34.4 Å². The lowest BCUT2D eigenvalue weighted by atomic mass is 10.1. The van der Waals surface area contributed by atoms with Gasteiger partial charge in [-0.25, -0.2) is 9.89 Å². The lowest BCUT2D eigenvalue weighted by Crippen LogP contribution is -2.26. The minimum Gasteiger partial charge on any atom is -0.352 e. The third-order valence-electron chi connectivity index (χ3n) is 4.59. The van der Waals surface area contributed by atoms with E-state index >= 15 is 0 Å². The summed E-state index contributed by atoms with van der Waals surface area (Å²) in [7, 11) is 1.64. The minimum atomic E-state index is -0.261. The van der Waals surface area contributed by atoms with E-state index in [1.165, 1.54) is 10.1 Å². The van der Waals surface area contributed by atoms with Gasteiger partial charge < -0.3 is 5.32 Å². The number of aryl methyl sites for hydroxylation is 2. The number of pyridine rings is 1. The summed E-state index contributed by atoms with van der Waals surface area (Å²) in [6.45, 7) is 4.55. The fraction of sp³-hybridized carbons (Fsp3) is 0.300. The number of hydrogen-bond donors (Lipinski definition) is 2. The fourth-order valence-corrected chi connectivity index (χ4v) is 2.88. The first-order valence-electron chi connectivity index (χ1n) is 8.95. The molecule has 3 aromatic rings. The second-order valence-electron chi connectivity index (χ2n) is 6.40. The van der Waals surface area contributed by atoms with E-state index in [0.29, 0.717) is 24.4 Å². The van der Waals surface area contributed by atoms with E-state index < -0.39 is 0 Å². The van der Waals surface area contributed by atoms with Crippen molar-refractivity contribution in [1.82, 2.24) is 25.1 Å². The number of amides is 1. The van der Waals surface area contributed by atoms with Crippen molar-refractivity contribution in [2.75, 3.05) is 6.54 Å².